The average Bonchev–Trinajstić information content (AvgIpc) is 2.61. The highest BCUT2D eigenvalue weighted by molar-refractivity contribution is 6.15. The predicted molar refractivity (Wildman–Crippen MR) is 90.0 cm³/mol. The maximum atomic E-state index is 12.6. The average molecular weight is 338 g/mol. The van der Waals surface area contributed by atoms with Crippen LogP contribution in [0.2, 0.25) is 0 Å². The van der Waals surface area contributed by atoms with Crippen LogP contribution in [0.15, 0.2) is 57.7 Å². The number of rotatable bonds is 4. The third kappa shape index (κ3) is 3.01. The van der Waals surface area contributed by atoms with Crippen molar-refractivity contribution in [2.75, 3.05) is 6.61 Å². The molecule has 0 saturated heterocycles. The smallest absolute Gasteiger partial charge is 0.339 e. The molecule has 1 N–H and O–H groups in total. The summed E-state index contributed by atoms with van der Waals surface area (Å²) in [7, 11) is 0. The van der Waals surface area contributed by atoms with Crippen molar-refractivity contribution in [3.05, 3.63) is 75.6 Å². The Morgan fingerprint density at radius 2 is 1.80 bits per heavy atom. The summed E-state index contributed by atoms with van der Waals surface area (Å²) >= 11 is 0. The van der Waals surface area contributed by atoms with E-state index in [1.165, 1.54) is 12.1 Å². The molecule has 126 valence electrons. The monoisotopic (exact) mass is 338 g/mol. The number of benzene rings is 2. The van der Waals surface area contributed by atoms with E-state index >= 15 is 0 Å². The lowest BCUT2D eigenvalue weighted by Gasteiger charge is -2.10. The van der Waals surface area contributed by atoms with Gasteiger partial charge in [-0.05, 0) is 19.1 Å². The van der Waals surface area contributed by atoms with Crippen LogP contribution in [0.25, 0.3) is 11.0 Å². The second kappa shape index (κ2) is 6.60. The van der Waals surface area contributed by atoms with Crippen molar-refractivity contribution in [3.63, 3.8) is 0 Å². The first-order chi connectivity index (χ1) is 12.0. The van der Waals surface area contributed by atoms with Gasteiger partial charge in [0.05, 0.1) is 23.1 Å². The first kappa shape index (κ1) is 16.4. The number of phenolic OH excluding ortho intramolecular Hbond substituents is 1. The summed E-state index contributed by atoms with van der Waals surface area (Å²) in [5.41, 5.74) is -0.520. The molecule has 0 radical (unpaired) electrons. The molecule has 0 amide bonds. The van der Waals surface area contributed by atoms with Crippen LogP contribution < -0.4 is 5.63 Å². The van der Waals surface area contributed by atoms with E-state index in [2.05, 4.69) is 0 Å². The highest BCUT2D eigenvalue weighted by Gasteiger charge is 2.22. The van der Waals surface area contributed by atoms with Crippen LogP contribution in [-0.2, 0) is 4.74 Å². The SMILES string of the molecule is CCOC(=O)c1cc(=O)oc2ccc(C(=O)c3ccccc3)c(O)c12. The van der Waals surface area contributed by atoms with Gasteiger partial charge in [-0.2, -0.15) is 0 Å². The fourth-order valence-corrected chi connectivity index (χ4v) is 2.54. The Labute approximate surface area is 142 Å². The number of carbonyl (C=O) groups is 2. The molecular weight excluding hydrogens is 324 g/mol. The zero-order chi connectivity index (χ0) is 18.0. The number of ether oxygens (including phenoxy) is 1. The molecule has 1 aromatic heterocycles. The van der Waals surface area contributed by atoms with Gasteiger partial charge in [-0.15, -0.1) is 0 Å². The molecule has 0 saturated carbocycles. The lowest BCUT2D eigenvalue weighted by atomic mass is 9.98. The van der Waals surface area contributed by atoms with Gasteiger partial charge in [-0.3, -0.25) is 4.79 Å². The standard InChI is InChI=1S/C19H14O6/c1-2-24-19(23)13-10-15(20)25-14-9-8-12(18(22)16(13)14)17(21)11-6-4-3-5-7-11/h3-10,22H,2H2,1H3. The molecule has 6 heteroatoms. The second-order valence-corrected chi connectivity index (χ2v) is 5.23. The van der Waals surface area contributed by atoms with E-state index in [-0.39, 0.29) is 28.7 Å². The summed E-state index contributed by atoms with van der Waals surface area (Å²) in [4.78, 5) is 36.4. The van der Waals surface area contributed by atoms with Gasteiger partial charge in [0.25, 0.3) is 0 Å². The Bertz CT molecular complexity index is 1020. The van der Waals surface area contributed by atoms with Crippen LogP contribution in [0.5, 0.6) is 5.75 Å². The summed E-state index contributed by atoms with van der Waals surface area (Å²) in [6.45, 7) is 1.72. The molecule has 0 bridgehead atoms. The van der Waals surface area contributed by atoms with Gasteiger partial charge < -0.3 is 14.3 Å². The molecule has 0 unspecified atom stereocenters. The fraction of sp³-hybridized carbons (Fsp3) is 0.105. The van der Waals surface area contributed by atoms with Crippen LogP contribution >= 0.6 is 0 Å². The van der Waals surface area contributed by atoms with Crippen LogP contribution in [-0.4, -0.2) is 23.5 Å². The van der Waals surface area contributed by atoms with Gasteiger partial charge in [0.2, 0.25) is 0 Å². The minimum atomic E-state index is -0.778. The van der Waals surface area contributed by atoms with E-state index in [0.29, 0.717) is 5.56 Å². The lowest BCUT2D eigenvalue weighted by molar-refractivity contribution is 0.0527. The quantitative estimate of drug-likeness (QED) is 0.446. The van der Waals surface area contributed by atoms with Crippen molar-refractivity contribution in [1.29, 1.82) is 0 Å². The summed E-state index contributed by atoms with van der Waals surface area (Å²) in [5, 5.41) is 10.6. The van der Waals surface area contributed by atoms with Gasteiger partial charge in [0.1, 0.15) is 11.3 Å². The number of aromatic hydroxyl groups is 1. The van der Waals surface area contributed by atoms with Crippen LogP contribution in [0.1, 0.15) is 33.2 Å². The second-order valence-electron chi connectivity index (χ2n) is 5.23. The van der Waals surface area contributed by atoms with Crippen LogP contribution in [0.4, 0.5) is 0 Å². The molecule has 0 atom stereocenters. The Morgan fingerprint density at radius 3 is 2.48 bits per heavy atom. The van der Waals surface area contributed by atoms with Gasteiger partial charge in [-0.25, -0.2) is 9.59 Å². The summed E-state index contributed by atoms with van der Waals surface area (Å²) in [5.74, 6) is -1.63. The van der Waals surface area contributed by atoms with Crippen molar-refractivity contribution in [3.8, 4) is 5.75 Å². The highest BCUT2D eigenvalue weighted by atomic mass is 16.5. The molecule has 3 aromatic rings. The Hall–Kier alpha value is -3.41. The van der Waals surface area contributed by atoms with Crippen molar-refractivity contribution in [2.45, 2.75) is 6.92 Å². The Balaban J connectivity index is 2.24. The zero-order valence-electron chi connectivity index (χ0n) is 13.3. The maximum absolute atomic E-state index is 12.6. The molecular formula is C19H14O6. The summed E-state index contributed by atoms with van der Waals surface area (Å²) in [6, 6.07) is 12.1. The lowest BCUT2D eigenvalue weighted by Crippen LogP contribution is -2.11. The number of carbonyl (C=O) groups excluding carboxylic acids is 2. The van der Waals surface area contributed by atoms with E-state index in [4.69, 9.17) is 9.15 Å². The fourth-order valence-electron chi connectivity index (χ4n) is 2.54. The third-order valence-electron chi connectivity index (χ3n) is 3.66. The summed E-state index contributed by atoms with van der Waals surface area (Å²) < 4.78 is 9.93. The molecule has 1 heterocycles. The normalized spacial score (nSPS) is 10.6. The third-order valence-corrected chi connectivity index (χ3v) is 3.66. The number of esters is 1. The topological polar surface area (TPSA) is 93.8 Å². The van der Waals surface area contributed by atoms with E-state index in [1.54, 1.807) is 37.3 Å². The number of phenols is 1. The molecule has 0 aliphatic rings. The van der Waals surface area contributed by atoms with Crippen molar-refractivity contribution in [1.82, 2.24) is 0 Å². The molecule has 25 heavy (non-hydrogen) atoms. The first-order valence-corrected chi connectivity index (χ1v) is 7.59. The summed E-state index contributed by atoms with van der Waals surface area (Å²) in [6.07, 6.45) is 0. The van der Waals surface area contributed by atoms with Crippen LogP contribution in [0, 0.1) is 0 Å². The van der Waals surface area contributed by atoms with E-state index in [9.17, 15) is 19.5 Å². The molecule has 6 nitrogen and oxygen atoms in total. The van der Waals surface area contributed by atoms with E-state index in [1.807, 2.05) is 0 Å². The molecule has 0 fully saturated rings. The maximum Gasteiger partial charge on any atom is 0.339 e. The van der Waals surface area contributed by atoms with Gasteiger partial charge in [-0.1, -0.05) is 30.3 Å². The van der Waals surface area contributed by atoms with Crippen molar-refractivity contribution >= 4 is 22.7 Å². The largest absolute Gasteiger partial charge is 0.506 e. The Kier molecular flexibility index (Phi) is 4.35. The van der Waals surface area contributed by atoms with Gasteiger partial charge in [0, 0.05) is 11.6 Å². The Morgan fingerprint density at radius 1 is 1.08 bits per heavy atom. The molecule has 0 aliphatic heterocycles. The van der Waals surface area contributed by atoms with Crippen LogP contribution in [0.3, 0.4) is 0 Å². The van der Waals surface area contributed by atoms with Gasteiger partial charge >= 0.3 is 11.6 Å². The molecule has 3 rings (SSSR count). The predicted octanol–water partition coefficient (Wildman–Crippen LogP) is 2.91. The minimum absolute atomic E-state index is 0.00176. The van der Waals surface area contributed by atoms with E-state index in [0.717, 1.165) is 6.07 Å². The minimum Gasteiger partial charge on any atom is -0.506 e. The zero-order valence-corrected chi connectivity index (χ0v) is 13.3. The number of ketones is 1. The first-order valence-electron chi connectivity index (χ1n) is 7.59. The molecule has 0 aliphatic carbocycles. The van der Waals surface area contributed by atoms with Crippen molar-refractivity contribution < 1.29 is 23.8 Å². The van der Waals surface area contributed by atoms with Gasteiger partial charge in [0.15, 0.2) is 5.78 Å². The molecule has 2 aromatic carbocycles. The number of hydrogen-bond donors (Lipinski definition) is 1. The van der Waals surface area contributed by atoms with Crippen molar-refractivity contribution in [2.24, 2.45) is 0 Å². The highest BCUT2D eigenvalue weighted by Crippen LogP contribution is 2.32. The van der Waals surface area contributed by atoms with E-state index < -0.39 is 23.1 Å². The number of fused-ring (bicyclic) bond motifs is 1. The number of hydrogen-bond acceptors (Lipinski definition) is 6. The molecule has 0 spiro atoms.